The van der Waals surface area contributed by atoms with Gasteiger partial charge in [-0.3, -0.25) is 24.7 Å². The number of amides is 1. The van der Waals surface area contributed by atoms with Gasteiger partial charge in [-0.2, -0.15) is 0 Å². The van der Waals surface area contributed by atoms with Gasteiger partial charge in [0.1, 0.15) is 24.6 Å². The van der Waals surface area contributed by atoms with Gasteiger partial charge >= 0.3 is 6.09 Å². The average molecular weight is 579 g/mol. The lowest BCUT2D eigenvalue weighted by Gasteiger charge is -2.33. The van der Waals surface area contributed by atoms with Crippen molar-refractivity contribution in [3.8, 4) is 0 Å². The van der Waals surface area contributed by atoms with E-state index in [0.29, 0.717) is 19.6 Å². The molecule has 2 saturated heterocycles. The number of rotatable bonds is 7. The first-order chi connectivity index (χ1) is 19.5. The highest BCUT2D eigenvalue weighted by molar-refractivity contribution is 5.84. The molecule has 2 aromatic rings. The summed E-state index contributed by atoms with van der Waals surface area (Å²) in [5, 5.41) is 2.51. The first-order valence-corrected chi connectivity index (χ1v) is 14.3. The first kappa shape index (κ1) is 32.3. The number of ether oxygens (including phenoxy) is 1. The Morgan fingerprint density at radius 3 is 1.95 bits per heavy atom. The van der Waals surface area contributed by atoms with Crippen LogP contribution in [0, 0.1) is 0 Å². The Morgan fingerprint density at radius 2 is 1.44 bits per heavy atom. The summed E-state index contributed by atoms with van der Waals surface area (Å²) in [5.41, 5.74) is 5.04. The molecule has 1 amide bonds. The lowest BCUT2D eigenvalue weighted by molar-refractivity contribution is 0.0635. The fourth-order valence-electron chi connectivity index (χ4n) is 5.28. The van der Waals surface area contributed by atoms with Crippen LogP contribution in [0.3, 0.4) is 0 Å². The number of anilines is 2. The minimum absolute atomic E-state index is 0.0156. The Morgan fingerprint density at radius 1 is 0.927 bits per heavy atom. The summed E-state index contributed by atoms with van der Waals surface area (Å²) in [5.74, 6) is 0. The topological polar surface area (TPSA) is 115 Å². The normalized spacial score (nSPS) is 20.1. The van der Waals surface area contributed by atoms with Gasteiger partial charge in [-0.05, 0) is 83.8 Å². The average Bonchev–Trinajstić information content (AvgIpc) is 2.91. The molecule has 4 heterocycles. The van der Waals surface area contributed by atoms with Crippen LogP contribution in [0.1, 0.15) is 58.5 Å². The van der Waals surface area contributed by atoms with Crippen molar-refractivity contribution < 1.29 is 18.3 Å². The number of carbonyl (C=O) groups excluding carboxylic acids is 1. The molecule has 2 aromatic heterocycles. The van der Waals surface area contributed by atoms with Gasteiger partial charge in [0.25, 0.3) is 11.1 Å². The van der Waals surface area contributed by atoms with E-state index in [1.54, 1.807) is 66.6 Å². The van der Waals surface area contributed by atoms with Crippen LogP contribution in [0.4, 0.5) is 25.0 Å². The van der Waals surface area contributed by atoms with E-state index in [1.165, 1.54) is 0 Å². The third kappa shape index (κ3) is 9.67. The van der Waals surface area contributed by atoms with Gasteiger partial charge in [0, 0.05) is 50.7 Å². The number of likely N-dealkylation sites (tertiary alicyclic amines) is 2. The molecule has 2 fully saturated rings. The molecule has 2 aliphatic rings. The third-order valence-electron chi connectivity index (χ3n) is 7.16. The predicted molar refractivity (Wildman–Crippen MR) is 157 cm³/mol. The van der Waals surface area contributed by atoms with Crippen LogP contribution in [0.5, 0.6) is 0 Å². The van der Waals surface area contributed by atoms with E-state index in [4.69, 9.17) is 10.5 Å². The maximum absolute atomic E-state index is 12.6. The Hall–Kier alpha value is -3.25. The maximum Gasteiger partial charge on any atom is 0.412 e. The van der Waals surface area contributed by atoms with Crippen molar-refractivity contribution in [3.63, 3.8) is 0 Å². The number of nitrogens with zero attached hydrogens (tertiary/aromatic N) is 4. The van der Waals surface area contributed by atoms with Crippen LogP contribution in [0.15, 0.2) is 46.2 Å². The van der Waals surface area contributed by atoms with E-state index in [2.05, 4.69) is 10.2 Å². The summed E-state index contributed by atoms with van der Waals surface area (Å²) in [4.78, 5) is 40.5. The highest BCUT2D eigenvalue weighted by atomic mass is 19.1. The number of pyridine rings is 2. The predicted octanol–water partition coefficient (Wildman–Crippen LogP) is 3.84. The van der Waals surface area contributed by atoms with Crippen LogP contribution in [-0.2, 0) is 4.74 Å². The fraction of sp³-hybridized carbons (Fsp3) is 0.621. The second kappa shape index (κ2) is 15.1. The lowest BCUT2D eigenvalue weighted by atomic mass is 10.1. The van der Waals surface area contributed by atoms with E-state index in [-0.39, 0.29) is 47.9 Å². The summed E-state index contributed by atoms with van der Waals surface area (Å²) in [6.45, 7) is 8.54. The van der Waals surface area contributed by atoms with E-state index < -0.39 is 11.7 Å². The smallest absolute Gasteiger partial charge is 0.412 e. The Labute approximate surface area is 240 Å². The van der Waals surface area contributed by atoms with Crippen LogP contribution in [-0.4, -0.2) is 83.2 Å². The number of piperidine rings is 2. The van der Waals surface area contributed by atoms with Crippen molar-refractivity contribution in [1.82, 2.24) is 18.9 Å². The van der Waals surface area contributed by atoms with E-state index >= 15 is 0 Å². The number of aromatic nitrogens is 2. The molecule has 2 atom stereocenters. The van der Waals surface area contributed by atoms with Gasteiger partial charge in [-0.25, -0.2) is 13.6 Å². The van der Waals surface area contributed by atoms with Gasteiger partial charge in [-0.15, -0.1) is 0 Å². The minimum Gasteiger partial charge on any atom is -0.444 e. The molecular weight excluding hydrogens is 534 g/mol. The van der Waals surface area contributed by atoms with Crippen molar-refractivity contribution in [2.45, 2.75) is 64.1 Å². The molecule has 4 rings (SSSR count). The first-order valence-electron chi connectivity index (χ1n) is 14.3. The third-order valence-corrected chi connectivity index (χ3v) is 7.16. The van der Waals surface area contributed by atoms with E-state index in [0.717, 1.165) is 45.3 Å². The molecule has 10 nitrogen and oxygen atoms in total. The largest absolute Gasteiger partial charge is 0.444 e. The number of carbonyl (C=O) groups is 1. The van der Waals surface area contributed by atoms with Crippen molar-refractivity contribution in [3.05, 3.63) is 57.4 Å². The monoisotopic (exact) mass is 578 g/mol. The van der Waals surface area contributed by atoms with Crippen molar-refractivity contribution in [1.29, 1.82) is 0 Å². The standard InChI is InChI=1S/C17H26FN3O3.C12H18FN3O/c1-17(2,3)24-16(23)19-14-7-5-10-21(15(14)22)13-6-4-9-20(12-13)11-8-18;13-5-8-15-6-1-3-10(9-15)16-7-2-4-11(14)12(16)17/h5,7,10,13H,4,6,8-9,11-12H2,1-3H3,(H,19,23);2,4,7,10H,1,3,5-6,8-9,14H2. The zero-order valence-corrected chi connectivity index (χ0v) is 24.4. The molecule has 2 aliphatic heterocycles. The Kier molecular flexibility index (Phi) is 11.9. The number of hydrogen-bond donors (Lipinski definition) is 2. The molecule has 41 heavy (non-hydrogen) atoms. The molecular formula is C29H44F2N6O4. The summed E-state index contributed by atoms with van der Waals surface area (Å²) in [6, 6.07) is 6.78. The van der Waals surface area contributed by atoms with E-state index in [9.17, 15) is 23.2 Å². The van der Waals surface area contributed by atoms with Gasteiger partial charge < -0.3 is 19.6 Å². The molecule has 12 heteroatoms. The molecule has 0 spiro atoms. The number of nitrogen functional groups attached to an aromatic ring is 1. The second-order valence-electron chi connectivity index (χ2n) is 11.5. The molecule has 3 N–H and O–H groups in total. The van der Waals surface area contributed by atoms with Crippen LogP contribution < -0.4 is 22.2 Å². The molecule has 2 unspecified atom stereocenters. The van der Waals surface area contributed by atoms with Crippen LogP contribution in [0.25, 0.3) is 0 Å². The molecule has 0 saturated carbocycles. The second-order valence-corrected chi connectivity index (χ2v) is 11.5. The van der Waals surface area contributed by atoms with Crippen molar-refractivity contribution in [2.24, 2.45) is 0 Å². The van der Waals surface area contributed by atoms with Gasteiger partial charge in [0.15, 0.2) is 0 Å². The fourth-order valence-corrected chi connectivity index (χ4v) is 5.28. The zero-order valence-electron chi connectivity index (χ0n) is 24.4. The van der Waals surface area contributed by atoms with Crippen molar-refractivity contribution >= 4 is 17.5 Å². The number of nitrogens with one attached hydrogen (secondary N) is 1. The SMILES string of the molecule is CC(C)(C)OC(=O)Nc1cccn(C2CCCN(CCF)C2)c1=O.Nc1cccn(C2CCCN(CCF)C2)c1=O. The molecule has 0 aliphatic carbocycles. The summed E-state index contributed by atoms with van der Waals surface area (Å²) >= 11 is 0. The summed E-state index contributed by atoms with van der Waals surface area (Å²) in [7, 11) is 0. The zero-order chi connectivity index (χ0) is 30.0. The van der Waals surface area contributed by atoms with Gasteiger partial charge in [-0.1, -0.05) is 0 Å². The molecule has 0 aromatic carbocycles. The number of nitrogens with two attached hydrogens (primary N) is 1. The highest BCUT2D eigenvalue weighted by Crippen LogP contribution is 2.21. The van der Waals surface area contributed by atoms with Gasteiger partial charge in [0.2, 0.25) is 0 Å². The molecule has 228 valence electrons. The lowest BCUT2D eigenvalue weighted by Crippen LogP contribution is -2.41. The Bertz CT molecular complexity index is 1240. The summed E-state index contributed by atoms with van der Waals surface area (Å²) < 4.78 is 33.4. The van der Waals surface area contributed by atoms with E-state index in [1.807, 2.05) is 4.90 Å². The molecule has 0 radical (unpaired) electrons. The highest BCUT2D eigenvalue weighted by Gasteiger charge is 2.24. The van der Waals surface area contributed by atoms with Crippen LogP contribution in [0.2, 0.25) is 0 Å². The Balaban J connectivity index is 0.000000239. The van der Waals surface area contributed by atoms with Gasteiger partial charge in [0.05, 0.1) is 5.69 Å². The molecule has 0 bridgehead atoms. The number of hydrogen-bond acceptors (Lipinski definition) is 7. The number of alkyl halides is 2. The number of halogens is 2. The van der Waals surface area contributed by atoms with Crippen LogP contribution >= 0.6 is 0 Å². The quantitative estimate of drug-likeness (QED) is 0.513. The minimum atomic E-state index is -0.653. The summed E-state index contributed by atoms with van der Waals surface area (Å²) in [6.07, 6.45) is 6.55. The maximum atomic E-state index is 12.6. The van der Waals surface area contributed by atoms with Crippen molar-refractivity contribution in [2.75, 3.05) is 63.7 Å².